The van der Waals surface area contributed by atoms with E-state index >= 15 is 0 Å². The Kier molecular flexibility index (Phi) is 12.3. The van der Waals surface area contributed by atoms with Gasteiger partial charge in [0.15, 0.2) is 0 Å². The zero-order valence-electron chi connectivity index (χ0n) is 29.4. The number of methoxy groups -OCH3 is 1. The molecule has 2 aliphatic heterocycles. The van der Waals surface area contributed by atoms with Crippen molar-refractivity contribution in [2.75, 3.05) is 33.3 Å². The van der Waals surface area contributed by atoms with Gasteiger partial charge in [-0.1, -0.05) is 49.4 Å². The van der Waals surface area contributed by atoms with Crippen molar-refractivity contribution in [1.82, 2.24) is 25.3 Å². The number of nitrogens with zero attached hydrogens (tertiary/aromatic N) is 3. The molecule has 2 aliphatic rings. The minimum absolute atomic E-state index is 0.0275. The van der Waals surface area contributed by atoms with Crippen LogP contribution in [0.1, 0.15) is 41.2 Å². The number of amides is 5. The highest BCUT2D eigenvalue weighted by Crippen LogP contribution is 2.37. The van der Waals surface area contributed by atoms with E-state index in [2.05, 4.69) is 10.6 Å². The van der Waals surface area contributed by atoms with Gasteiger partial charge in [0.2, 0.25) is 11.8 Å². The molecule has 3 aromatic carbocycles. The number of carbonyl (C=O) groups is 4. The molecule has 11 nitrogen and oxygen atoms in total. The Morgan fingerprint density at radius 2 is 1.46 bits per heavy atom. The standard InChI is InChI=1S/C37H39F6N5O6/c1-3-13-44-34(51)45-18-30-33(50)46(19-24-7-5-4-6-8-24)21-31-47(20-26(32(49)48(30)31)14-23-9-11-29(53-2)12-10-23)35(52)54-22-25-15-27(36(38,39)40)17-28(16-25)37(41,42)43/h4-12,15-17,26,30-31H,3,13-14,18-22H2,1-2H3,(H2,44,45,51)/t26-,30-,31+/m0/s1. The third kappa shape index (κ3) is 9.54. The third-order valence-electron chi connectivity index (χ3n) is 9.11. The average molecular weight is 764 g/mol. The Morgan fingerprint density at radius 3 is 2.06 bits per heavy atom. The van der Waals surface area contributed by atoms with Gasteiger partial charge >= 0.3 is 24.5 Å². The molecule has 0 unspecified atom stereocenters. The van der Waals surface area contributed by atoms with Crippen LogP contribution in [-0.2, 0) is 46.3 Å². The largest absolute Gasteiger partial charge is 0.497 e. The second-order valence-corrected chi connectivity index (χ2v) is 13.0. The lowest BCUT2D eigenvalue weighted by Crippen LogP contribution is -2.74. The number of benzene rings is 3. The van der Waals surface area contributed by atoms with Crippen molar-refractivity contribution in [2.45, 2.75) is 57.5 Å². The zero-order valence-corrected chi connectivity index (χ0v) is 29.4. The van der Waals surface area contributed by atoms with E-state index in [0.29, 0.717) is 36.4 Å². The summed E-state index contributed by atoms with van der Waals surface area (Å²) in [7, 11) is 1.48. The first-order valence-electron chi connectivity index (χ1n) is 17.1. The Balaban J connectivity index is 1.49. The quantitative estimate of drug-likeness (QED) is 0.238. The van der Waals surface area contributed by atoms with Gasteiger partial charge in [0.05, 0.1) is 30.7 Å². The topological polar surface area (TPSA) is 121 Å². The molecule has 2 saturated heterocycles. The molecule has 0 saturated carbocycles. The highest BCUT2D eigenvalue weighted by atomic mass is 19.4. The fourth-order valence-corrected chi connectivity index (χ4v) is 6.46. The van der Waals surface area contributed by atoms with Crippen molar-refractivity contribution in [1.29, 1.82) is 0 Å². The smallest absolute Gasteiger partial charge is 0.416 e. The van der Waals surface area contributed by atoms with E-state index in [0.717, 1.165) is 10.5 Å². The predicted molar refractivity (Wildman–Crippen MR) is 181 cm³/mol. The summed E-state index contributed by atoms with van der Waals surface area (Å²) in [5.41, 5.74) is -2.30. The number of carbonyl (C=O) groups excluding carboxylic acids is 4. The summed E-state index contributed by atoms with van der Waals surface area (Å²) >= 11 is 0. The van der Waals surface area contributed by atoms with Gasteiger partial charge in [-0.3, -0.25) is 14.5 Å². The lowest BCUT2D eigenvalue weighted by Gasteiger charge is -2.53. The highest BCUT2D eigenvalue weighted by molar-refractivity contribution is 5.92. The first-order valence-corrected chi connectivity index (χ1v) is 17.1. The third-order valence-corrected chi connectivity index (χ3v) is 9.11. The van der Waals surface area contributed by atoms with Crippen LogP contribution < -0.4 is 15.4 Å². The molecule has 0 bridgehead atoms. The number of nitrogens with one attached hydrogen (secondary N) is 2. The minimum Gasteiger partial charge on any atom is -0.497 e. The van der Waals surface area contributed by atoms with Crippen molar-refractivity contribution in [3.05, 3.63) is 101 Å². The van der Waals surface area contributed by atoms with Crippen molar-refractivity contribution >= 4 is 23.9 Å². The van der Waals surface area contributed by atoms with Gasteiger partial charge in [0, 0.05) is 26.2 Å². The van der Waals surface area contributed by atoms with Crippen LogP contribution in [0.15, 0.2) is 72.8 Å². The lowest BCUT2D eigenvalue weighted by atomic mass is 9.91. The molecular formula is C37H39F6N5O6. The summed E-state index contributed by atoms with van der Waals surface area (Å²) < 4.78 is 91.9. The van der Waals surface area contributed by atoms with E-state index < -0.39 is 77.7 Å². The molecular weight excluding hydrogens is 724 g/mol. The lowest BCUT2D eigenvalue weighted by molar-refractivity contribution is -0.172. The second-order valence-electron chi connectivity index (χ2n) is 13.0. The molecule has 5 rings (SSSR count). The number of alkyl halides is 6. The Bertz CT molecular complexity index is 1780. The summed E-state index contributed by atoms with van der Waals surface area (Å²) in [6.07, 6.45) is -11.8. The van der Waals surface area contributed by atoms with Crippen LogP contribution in [0, 0.1) is 5.92 Å². The molecule has 0 spiro atoms. The first kappa shape index (κ1) is 39.7. The summed E-state index contributed by atoms with van der Waals surface area (Å²) in [6, 6.07) is 14.7. The fraction of sp³-hybridized carbons (Fsp3) is 0.405. The van der Waals surface area contributed by atoms with Crippen molar-refractivity contribution in [2.24, 2.45) is 5.92 Å². The Hall–Kier alpha value is -5.48. The zero-order chi connectivity index (χ0) is 39.2. The molecule has 0 radical (unpaired) electrons. The van der Waals surface area contributed by atoms with Crippen molar-refractivity contribution in [3.8, 4) is 5.75 Å². The van der Waals surface area contributed by atoms with E-state index in [-0.39, 0.29) is 38.7 Å². The van der Waals surface area contributed by atoms with Crippen LogP contribution in [0.4, 0.5) is 35.9 Å². The number of rotatable bonds is 11. The number of ether oxygens (including phenoxy) is 2. The summed E-state index contributed by atoms with van der Waals surface area (Å²) in [6.45, 7) is 0.513. The predicted octanol–water partition coefficient (Wildman–Crippen LogP) is 5.82. The normalized spacial score (nSPS) is 19.0. The van der Waals surface area contributed by atoms with Crippen molar-refractivity contribution < 1.29 is 55.0 Å². The highest BCUT2D eigenvalue weighted by Gasteiger charge is 2.52. The van der Waals surface area contributed by atoms with E-state index in [9.17, 15) is 45.5 Å². The maximum Gasteiger partial charge on any atom is 0.416 e. The van der Waals surface area contributed by atoms with Gasteiger partial charge in [0.25, 0.3) is 0 Å². The maximum absolute atomic E-state index is 14.3. The number of hydrogen-bond donors (Lipinski definition) is 2. The van der Waals surface area contributed by atoms with Gasteiger partial charge in [0.1, 0.15) is 24.6 Å². The molecule has 290 valence electrons. The number of urea groups is 1. The van der Waals surface area contributed by atoms with Gasteiger partial charge in [-0.05, 0) is 59.9 Å². The maximum atomic E-state index is 14.3. The van der Waals surface area contributed by atoms with Gasteiger partial charge in [-0.2, -0.15) is 26.3 Å². The summed E-state index contributed by atoms with van der Waals surface area (Å²) in [5.74, 6) is -1.42. The van der Waals surface area contributed by atoms with Crippen LogP contribution in [0.25, 0.3) is 0 Å². The van der Waals surface area contributed by atoms with E-state index in [1.165, 1.54) is 16.9 Å². The molecule has 3 atom stereocenters. The van der Waals surface area contributed by atoms with E-state index in [1.54, 1.807) is 54.6 Å². The number of hydrogen-bond acceptors (Lipinski definition) is 6. The first-order chi connectivity index (χ1) is 25.6. The fourth-order valence-electron chi connectivity index (χ4n) is 6.46. The number of fused-ring (bicyclic) bond motifs is 1. The molecule has 54 heavy (non-hydrogen) atoms. The molecule has 0 aromatic heterocycles. The van der Waals surface area contributed by atoms with Crippen LogP contribution in [0.2, 0.25) is 0 Å². The second kappa shape index (κ2) is 16.7. The van der Waals surface area contributed by atoms with Crippen LogP contribution in [-0.4, -0.2) is 84.1 Å². The number of halogens is 6. The molecule has 3 aromatic rings. The molecule has 17 heteroatoms. The summed E-state index contributed by atoms with van der Waals surface area (Å²) in [5, 5.41) is 5.28. The van der Waals surface area contributed by atoms with Crippen LogP contribution >= 0.6 is 0 Å². The van der Waals surface area contributed by atoms with Gasteiger partial charge in [-0.15, -0.1) is 0 Å². The van der Waals surface area contributed by atoms with Crippen LogP contribution in [0.3, 0.4) is 0 Å². The SMILES string of the molecule is CCCNC(=O)NC[C@H]1C(=O)N(Cc2ccccc2)C[C@@H]2N(C(=O)OCc3cc(C(F)(F)F)cc(C(F)(F)F)c3)C[C@H](Cc3ccc(OC)cc3)C(=O)N21. The molecule has 2 N–H and O–H groups in total. The molecule has 2 fully saturated rings. The average Bonchev–Trinajstić information content (AvgIpc) is 3.14. The van der Waals surface area contributed by atoms with E-state index in [1.807, 2.05) is 6.92 Å². The summed E-state index contributed by atoms with van der Waals surface area (Å²) in [4.78, 5) is 58.8. The molecule has 0 aliphatic carbocycles. The van der Waals surface area contributed by atoms with Crippen LogP contribution in [0.5, 0.6) is 5.75 Å². The van der Waals surface area contributed by atoms with Gasteiger partial charge in [-0.25, -0.2) is 9.59 Å². The Morgan fingerprint density at radius 1 is 0.815 bits per heavy atom. The molecule has 2 heterocycles. The number of piperazine rings is 1. The Labute approximate surface area is 307 Å². The minimum atomic E-state index is -5.12. The van der Waals surface area contributed by atoms with E-state index in [4.69, 9.17) is 9.47 Å². The van der Waals surface area contributed by atoms with Gasteiger partial charge < -0.3 is 29.9 Å². The molecule has 5 amide bonds. The monoisotopic (exact) mass is 763 g/mol. The van der Waals surface area contributed by atoms with Crippen molar-refractivity contribution in [3.63, 3.8) is 0 Å².